The third-order valence-corrected chi connectivity index (χ3v) is 2.68. The molecule has 8 heteroatoms. The summed E-state index contributed by atoms with van der Waals surface area (Å²) in [5.74, 6) is -0.756. The highest BCUT2D eigenvalue weighted by molar-refractivity contribution is 5.99. The van der Waals surface area contributed by atoms with E-state index in [2.05, 4.69) is 15.7 Å². The molecule has 1 heterocycles. The molecule has 4 N–H and O–H groups in total. The number of amides is 2. The molecule has 0 aliphatic rings. The van der Waals surface area contributed by atoms with E-state index in [0.717, 1.165) is 0 Å². The summed E-state index contributed by atoms with van der Waals surface area (Å²) in [6.45, 7) is 4.90. The van der Waals surface area contributed by atoms with Gasteiger partial charge in [-0.05, 0) is 13.8 Å². The van der Waals surface area contributed by atoms with Crippen LogP contribution in [-0.2, 0) is 16.1 Å². The largest absolute Gasteiger partial charge is 0.396 e. The quantitative estimate of drug-likeness (QED) is 0.577. The Hall–Kier alpha value is -2.09. The van der Waals surface area contributed by atoms with Crippen LogP contribution in [0.25, 0.3) is 0 Å². The third-order valence-electron chi connectivity index (χ3n) is 2.68. The van der Waals surface area contributed by atoms with E-state index >= 15 is 0 Å². The van der Waals surface area contributed by atoms with Crippen LogP contribution in [0.3, 0.4) is 0 Å². The van der Waals surface area contributed by atoms with Gasteiger partial charge in [0.25, 0.3) is 5.91 Å². The fraction of sp³-hybridized carbons (Fsp3) is 0.583. The minimum atomic E-state index is -0.675. The van der Waals surface area contributed by atoms with Crippen LogP contribution in [0.5, 0.6) is 0 Å². The third kappa shape index (κ3) is 4.23. The second kappa shape index (κ2) is 7.49. The molecule has 112 valence electrons. The number of anilines is 1. The highest BCUT2D eigenvalue weighted by atomic mass is 16.5. The van der Waals surface area contributed by atoms with Gasteiger partial charge in [-0.15, -0.1) is 0 Å². The highest BCUT2D eigenvalue weighted by Gasteiger charge is 2.20. The minimum absolute atomic E-state index is 0.128. The van der Waals surface area contributed by atoms with Crippen molar-refractivity contribution in [2.75, 3.05) is 26.0 Å². The number of carbonyl (C=O) groups is 2. The second-order valence-corrected chi connectivity index (χ2v) is 4.27. The Morgan fingerprint density at radius 2 is 2.25 bits per heavy atom. The molecule has 0 aliphatic carbocycles. The number of nitrogens with one attached hydrogen (secondary N) is 2. The van der Waals surface area contributed by atoms with Crippen LogP contribution in [0, 0.1) is 0 Å². The van der Waals surface area contributed by atoms with Crippen LogP contribution in [0.1, 0.15) is 24.3 Å². The van der Waals surface area contributed by atoms with Crippen molar-refractivity contribution in [1.29, 1.82) is 0 Å². The first-order valence-electron chi connectivity index (χ1n) is 6.40. The maximum atomic E-state index is 12.0. The van der Waals surface area contributed by atoms with E-state index in [1.54, 1.807) is 24.9 Å². The normalized spacial score (nSPS) is 11.9. The maximum absolute atomic E-state index is 12.0. The number of nitrogens with zero attached hydrogens (tertiary/aromatic N) is 2. The number of aromatic nitrogens is 2. The number of nitrogens with two attached hydrogens (primary N) is 1. The van der Waals surface area contributed by atoms with Gasteiger partial charge in [0.05, 0.1) is 12.3 Å². The van der Waals surface area contributed by atoms with Crippen LogP contribution < -0.4 is 16.4 Å². The number of aryl methyl sites for hydroxylation is 1. The number of carbonyl (C=O) groups excluding carboxylic acids is 2. The molecule has 8 nitrogen and oxygen atoms in total. The Kier molecular flexibility index (Phi) is 5.98. The van der Waals surface area contributed by atoms with E-state index in [9.17, 15) is 9.59 Å². The van der Waals surface area contributed by atoms with Crippen molar-refractivity contribution >= 4 is 17.5 Å². The van der Waals surface area contributed by atoms with Gasteiger partial charge in [-0.1, -0.05) is 0 Å². The molecule has 1 unspecified atom stereocenters. The number of rotatable bonds is 7. The Morgan fingerprint density at radius 3 is 2.80 bits per heavy atom. The Bertz CT molecular complexity index is 472. The molecule has 1 aromatic rings. The molecule has 0 aliphatic heterocycles. The van der Waals surface area contributed by atoms with Crippen LogP contribution in [0.15, 0.2) is 6.20 Å². The first-order chi connectivity index (χ1) is 9.49. The van der Waals surface area contributed by atoms with Crippen LogP contribution in [0.4, 0.5) is 5.69 Å². The van der Waals surface area contributed by atoms with Gasteiger partial charge in [0.1, 0.15) is 6.04 Å². The maximum Gasteiger partial charge on any atom is 0.274 e. The first-order valence-corrected chi connectivity index (χ1v) is 6.40. The van der Waals surface area contributed by atoms with Crippen LogP contribution in [0.2, 0.25) is 0 Å². The summed E-state index contributed by atoms with van der Waals surface area (Å²) in [7, 11) is 1.55. The van der Waals surface area contributed by atoms with Crippen molar-refractivity contribution in [3.63, 3.8) is 0 Å². The summed E-state index contributed by atoms with van der Waals surface area (Å²) in [5, 5.41) is 9.23. The van der Waals surface area contributed by atoms with Crippen molar-refractivity contribution in [3.05, 3.63) is 11.9 Å². The van der Waals surface area contributed by atoms with Gasteiger partial charge in [-0.25, -0.2) is 0 Å². The van der Waals surface area contributed by atoms with Crippen molar-refractivity contribution in [1.82, 2.24) is 20.4 Å². The molecule has 0 saturated carbocycles. The van der Waals surface area contributed by atoms with E-state index in [1.807, 2.05) is 6.92 Å². The van der Waals surface area contributed by atoms with Crippen molar-refractivity contribution in [2.45, 2.75) is 26.4 Å². The molecule has 0 spiro atoms. The Labute approximate surface area is 117 Å². The average molecular weight is 283 g/mol. The molecular weight excluding hydrogens is 262 g/mol. The lowest BCUT2D eigenvalue weighted by Gasteiger charge is -2.13. The molecular formula is C12H21N5O3. The fourth-order valence-corrected chi connectivity index (χ4v) is 1.54. The fourth-order valence-electron chi connectivity index (χ4n) is 1.54. The smallest absolute Gasteiger partial charge is 0.274 e. The lowest BCUT2D eigenvalue weighted by atomic mass is 10.2. The lowest BCUT2D eigenvalue weighted by Crippen LogP contribution is -2.45. The van der Waals surface area contributed by atoms with Crippen LogP contribution >= 0.6 is 0 Å². The average Bonchev–Trinajstić information content (AvgIpc) is 2.80. The molecule has 0 bridgehead atoms. The van der Waals surface area contributed by atoms with Gasteiger partial charge < -0.3 is 21.1 Å². The topological polar surface area (TPSA) is 111 Å². The predicted octanol–water partition coefficient (Wildman–Crippen LogP) is -0.634. The van der Waals surface area contributed by atoms with Gasteiger partial charge in [0, 0.05) is 26.4 Å². The zero-order chi connectivity index (χ0) is 15.1. The van der Waals surface area contributed by atoms with Gasteiger partial charge in [-0.2, -0.15) is 5.10 Å². The molecule has 0 fully saturated rings. The molecule has 20 heavy (non-hydrogen) atoms. The molecule has 1 aromatic heterocycles. The van der Waals surface area contributed by atoms with Crippen molar-refractivity contribution < 1.29 is 14.3 Å². The molecule has 0 aromatic carbocycles. The van der Waals surface area contributed by atoms with Crippen LogP contribution in [-0.4, -0.2) is 47.9 Å². The summed E-state index contributed by atoms with van der Waals surface area (Å²) >= 11 is 0. The summed E-state index contributed by atoms with van der Waals surface area (Å²) in [6, 6.07) is -0.675. The van der Waals surface area contributed by atoms with Gasteiger partial charge in [0.2, 0.25) is 5.91 Å². The summed E-state index contributed by atoms with van der Waals surface area (Å²) in [5.41, 5.74) is 6.12. The van der Waals surface area contributed by atoms with E-state index in [1.165, 1.54) is 0 Å². The molecule has 0 radical (unpaired) electrons. The van der Waals surface area contributed by atoms with E-state index in [0.29, 0.717) is 19.7 Å². The van der Waals surface area contributed by atoms with E-state index < -0.39 is 11.9 Å². The zero-order valence-electron chi connectivity index (χ0n) is 12.0. The Balaban J connectivity index is 2.56. The second-order valence-electron chi connectivity index (χ2n) is 4.27. The zero-order valence-corrected chi connectivity index (χ0v) is 12.0. The summed E-state index contributed by atoms with van der Waals surface area (Å²) in [6.07, 6.45) is 1.58. The number of hydrogen-bond donors (Lipinski definition) is 3. The van der Waals surface area contributed by atoms with Gasteiger partial charge in [-0.3, -0.25) is 14.3 Å². The standard InChI is InChI=1S/C12H21N5O3/c1-4-17-7-9(13)10(16-17)12(19)15-8(2)11(18)14-5-6-20-3/h7-8H,4-6,13H2,1-3H3,(H,14,18)(H,15,19). The van der Waals surface area contributed by atoms with Gasteiger partial charge >= 0.3 is 0 Å². The SMILES string of the molecule is CCn1cc(N)c(C(=O)NC(C)C(=O)NCCOC)n1. The lowest BCUT2D eigenvalue weighted by molar-refractivity contribution is -0.122. The monoisotopic (exact) mass is 283 g/mol. The predicted molar refractivity (Wildman–Crippen MR) is 74.1 cm³/mol. The summed E-state index contributed by atoms with van der Waals surface area (Å²) in [4.78, 5) is 23.7. The molecule has 0 saturated heterocycles. The molecule has 2 amide bonds. The van der Waals surface area contributed by atoms with Crippen molar-refractivity contribution in [2.24, 2.45) is 0 Å². The van der Waals surface area contributed by atoms with E-state index in [-0.39, 0.29) is 17.3 Å². The summed E-state index contributed by atoms with van der Waals surface area (Å²) < 4.78 is 6.38. The number of nitrogen functional groups attached to an aromatic ring is 1. The Morgan fingerprint density at radius 1 is 1.55 bits per heavy atom. The molecule has 1 atom stereocenters. The number of hydrogen-bond acceptors (Lipinski definition) is 5. The highest BCUT2D eigenvalue weighted by Crippen LogP contribution is 2.08. The molecule has 1 rings (SSSR count). The first kappa shape index (κ1) is 16.0. The number of methoxy groups -OCH3 is 1. The van der Waals surface area contributed by atoms with Crippen molar-refractivity contribution in [3.8, 4) is 0 Å². The number of ether oxygens (including phenoxy) is 1. The minimum Gasteiger partial charge on any atom is -0.396 e. The van der Waals surface area contributed by atoms with E-state index in [4.69, 9.17) is 10.5 Å². The van der Waals surface area contributed by atoms with Gasteiger partial charge in [0.15, 0.2) is 5.69 Å².